The highest BCUT2D eigenvalue weighted by molar-refractivity contribution is 7.83. The molecule has 1 saturated heterocycles. The molecule has 1 aliphatic heterocycles. The molecule has 0 aromatic carbocycles. The lowest BCUT2D eigenvalue weighted by molar-refractivity contribution is 0.0133. The molecule has 0 saturated carbocycles. The van der Waals surface area contributed by atoms with Gasteiger partial charge in [-0.25, -0.2) is 8.51 Å². The first-order chi connectivity index (χ1) is 5.92. The van der Waals surface area contributed by atoms with Gasteiger partial charge in [-0.3, -0.25) is 0 Å². The molecule has 1 unspecified atom stereocenters. The highest BCUT2D eigenvalue weighted by Crippen LogP contribution is 2.22. The van der Waals surface area contributed by atoms with Crippen molar-refractivity contribution in [1.29, 1.82) is 0 Å². The molecule has 0 amide bonds. The fourth-order valence-electron chi connectivity index (χ4n) is 1.45. The van der Waals surface area contributed by atoms with Gasteiger partial charge in [0.05, 0.1) is 16.6 Å². The molecule has 0 bridgehead atoms. The lowest BCUT2D eigenvalue weighted by Crippen LogP contribution is -2.44. The molecule has 0 aromatic heterocycles. The molecule has 1 aliphatic rings. The molecule has 4 heteroatoms. The van der Waals surface area contributed by atoms with Crippen LogP contribution in [0.15, 0.2) is 0 Å². The summed E-state index contributed by atoms with van der Waals surface area (Å²) in [6.07, 6.45) is 1.46. The number of hydrogen-bond acceptors (Lipinski definition) is 2. The van der Waals surface area contributed by atoms with Gasteiger partial charge in [-0.15, -0.1) is 0 Å². The molecule has 1 N–H and O–H groups in total. The summed E-state index contributed by atoms with van der Waals surface area (Å²) in [5, 5.41) is 9.87. The average Bonchev–Trinajstić information content (AvgIpc) is 2.03. The summed E-state index contributed by atoms with van der Waals surface area (Å²) in [6, 6.07) is 0. The Kier molecular flexibility index (Phi) is 3.49. The first-order valence-corrected chi connectivity index (χ1v) is 5.97. The van der Waals surface area contributed by atoms with Crippen molar-refractivity contribution in [2.24, 2.45) is 0 Å². The SMILES string of the molecule is CC(C)S(=O)N1CCC(C)(O)CC1. The monoisotopic (exact) mass is 205 g/mol. The van der Waals surface area contributed by atoms with Crippen molar-refractivity contribution >= 4 is 11.0 Å². The fourth-order valence-corrected chi connectivity index (χ4v) is 2.58. The molecule has 0 aromatic rings. The highest BCUT2D eigenvalue weighted by Gasteiger charge is 2.30. The van der Waals surface area contributed by atoms with Crippen LogP contribution >= 0.6 is 0 Å². The van der Waals surface area contributed by atoms with Gasteiger partial charge >= 0.3 is 0 Å². The molecule has 0 radical (unpaired) electrons. The number of nitrogens with zero attached hydrogens (tertiary/aromatic N) is 1. The van der Waals surface area contributed by atoms with Gasteiger partial charge in [0, 0.05) is 18.3 Å². The summed E-state index contributed by atoms with van der Waals surface area (Å²) < 4.78 is 13.6. The minimum Gasteiger partial charge on any atom is -0.390 e. The van der Waals surface area contributed by atoms with Gasteiger partial charge in [-0.2, -0.15) is 0 Å². The Morgan fingerprint density at radius 3 is 2.23 bits per heavy atom. The van der Waals surface area contributed by atoms with Crippen LogP contribution in [0.3, 0.4) is 0 Å². The van der Waals surface area contributed by atoms with E-state index in [1.54, 1.807) is 0 Å². The standard InChI is InChI=1S/C9H19NO2S/c1-8(2)13(12)10-6-4-9(3,11)5-7-10/h8,11H,4-7H2,1-3H3. The van der Waals surface area contributed by atoms with Crippen molar-refractivity contribution in [1.82, 2.24) is 4.31 Å². The summed E-state index contributed by atoms with van der Waals surface area (Å²) in [5.74, 6) is 0. The smallest absolute Gasteiger partial charge is 0.0968 e. The van der Waals surface area contributed by atoms with Gasteiger partial charge in [0.25, 0.3) is 0 Å². The molecule has 78 valence electrons. The van der Waals surface area contributed by atoms with Crippen LogP contribution in [0, 0.1) is 0 Å². The van der Waals surface area contributed by atoms with Crippen LogP contribution in [0.25, 0.3) is 0 Å². The zero-order chi connectivity index (χ0) is 10.1. The quantitative estimate of drug-likeness (QED) is 0.728. The van der Waals surface area contributed by atoms with Crippen LogP contribution in [0.5, 0.6) is 0 Å². The molecule has 1 rings (SSSR count). The second kappa shape index (κ2) is 4.07. The maximum Gasteiger partial charge on any atom is 0.0968 e. The van der Waals surface area contributed by atoms with E-state index >= 15 is 0 Å². The van der Waals surface area contributed by atoms with E-state index in [-0.39, 0.29) is 5.25 Å². The minimum atomic E-state index is -0.869. The second-order valence-electron chi connectivity index (χ2n) is 4.25. The fraction of sp³-hybridized carbons (Fsp3) is 1.00. The molecular formula is C9H19NO2S. The Hall–Kier alpha value is 0.0700. The van der Waals surface area contributed by atoms with Gasteiger partial charge in [0.1, 0.15) is 0 Å². The van der Waals surface area contributed by atoms with E-state index in [1.165, 1.54) is 0 Å². The predicted octanol–water partition coefficient (Wildman–Crippen LogP) is 0.905. The van der Waals surface area contributed by atoms with Crippen LogP contribution in [-0.4, -0.2) is 37.6 Å². The van der Waals surface area contributed by atoms with E-state index in [1.807, 2.05) is 25.1 Å². The summed E-state index contributed by atoms with van der Waals surface area (Å²) in [7, 11) is -0.869. The highest BCUT2D eigenvalue weighted by atomic mass is 32.2. The van der Waals surface area contributed by atoms with Gasteiger partial charge in [0.15, 0.2) is 0 Å². The number of aliphatic hydroxyl groups is 1. The first kappa shape index (κ1) is 11.1. The molecule has 3 nitrogen and oxygen atoms in total. The Bertz CT molecular complexity index is 194. The van der Waals surface area contributed by atoms with Crippen molar-refractivity contribution in [3.8, 4) is 0 Å². The Morgan fingerprint density at radius 1 is 1.38 bits per heavy atom. The zero-order valence-corrected chi connectivity index (χ0v) is 9.43. The zero-order valence-electron chi connectivity index (χ0n) is 8.62. The van der Waals surface area contributed by atoms with Crippen LogP contribution < -0.4 is 0 Å². The first-order valence-electron chi connectivity index (χ1n) is 4.80. The average molecular weight is 205 g/mol. The molecule has 13 heavy (non-hydrogen) atoms. The Balaban J connectivity index is 2.46. The molecule has 1 fully saturated rings. The predicted molar refractivity (Wildman–Crippen MR) is 54.7 cm³/mol. The molecular weight excluding hydrogens is 186 g/mol. The Labute approximate surface area is 82.7 Å². The number of piperidine rings is 1. The summed E-state index contributed by atoms with van der Waals surface area (Å²) >= 11 is 0. The van der Waals surface area contributed by atoms with E-state index in [0.717, 1.165) is 25.9 Å². The van der Waals surface area contributed by atoms with E-state index < -0.39 is 16.6 Å². The molecule has 0 aliphatic carbocycles. The van der Waals surface area contributed by atoms with Crippen molar-refractivity contribution in [2.45, 2.75) is 44.5 Å². The van der Waals surface area contributed by atoms with E-state index in [4.69, 9.17) is 0 Å². The minimum absolute atomic E-state index is 0.183. The van der Waals surface area contributed by atoms with Gasteiger partial charge in [-0.1, -0.05) is 0 Å². The van der Waals surface area contributed by atoms with Crippen molar-refractivity contribution in [3.63, 3.8) is 0 Å². The summed E-state index contributed by atoms with van der Waals surface area (Å²) in [6.45, 7) is 7.27. The summed E-state index contributed by atoms with van der Waals surface area (Å²) in [5.41, 5.74) is -0.544. The third-order valence-electron chi connectivity index (χ3n) is 2.46. The van der Waals surface area contributed by atoms with Crippen molar-refractivity contribution in [2.75, 3.05) is 13.1 Å². The third kappa shape index (κ3) is 3.04. The lowest BCUT2D eigenvalue weighted by Gasteiger charge is -2.35. The van der Waals surface area contributed by atoms with E-state index in [9.17, 15) is 9.32 Å². The van der Waals surface area contributed by atoms with Crippen LogP contribution in [-0.2, 0) is 11.0 Å². The maximum atomic E-state index is 11.7. The molecule has 1 atom stereocenters. The van der Waals surface area contributed by atoms with Crippen molar-refractivity contribution < 1.29 is 9.32 Å². The topological polar surface area (TPSA) is 40.5 Å². The second-order valence-corrected chi connectivity index (χ2v) is 6.26. The van der Waals surface area contributed by atoms with Gasteiger partial charge < -0.3 is 5.11 Å². The van der Waals surface area contributed by atoms with Gasteiger partial charge in [0.2, 0.25) is 0 Å². The molecule has 0 spiro atoms. The number of rotatable bonds is 2. The lowest BCUT2D eigenvalue weighted by atomic mass is 9.95. The maximum absolute atomic E-state index is 11.7. The number of hydrogen-bond donors (Lipinski definition) is 1. The normalized spacial score (nSPS) is 26.2. The Morgan fingerprint density at radius 2 is 1.85 bits per heavy atom. The van der Waals surface area contributed by atoms with E-state index in [0.29, 0.717) is 0 Å². The molecule has 1 heterocycles. The van der Waals surface area contributed by atoms with E-state index in [2.05, 4.69) is 0 Å². The largest absolute Gasteiger partial charge is 0.390 e. The van der Waals surface area contributed by atoms with Crippen LogP contribution in [0.4, 0.5) is 0 Å². The van der Waals surface area contributed by atoms with Crippen molar-refractivity contribution in [3.05, 3.63) is 0 Å². The van der Waals surface area contributed by atoms with Crippen LogP contribution in [0.1, 0.15) is 33.6 Å². The summed E-state index contributed by atoms with van der Waals surface area (Å²) in [4.78, 5) is 0. The van der Waals surface area contributed by atoms with Gasteiger partial charge in [-0.05, 0) is 33.6 Å². The third-order valence-corrected chi connectivity index (χ3v) is 4.14. The van der Waals surface area contributed by atoms with Crippen LogP contribution in [0.2, 0.25) is 0 Å².